The molecule has 0 aliphatic carbocycles. The summed E-state index contributed by atoms with van der Waals surface area (Å²) in [6.45, 7) is 4.32. The summed E-state index contributed by atoms with van der Waals surface area (Å²) in [6, 6.07) is 7.99. The highest BCUT2D eigenvalue weighted by molar-refractivity contribution is 5.64. The number of ether oxygens (including phenoxy) is 1. The Bertz CT molecular complexity index is 600. The van der Waals surface area contributed by atoms with Gasteiger partial charge < -0.3 is 15.5 Å². The number of nitrogen functional groups attached to an aromatic ring is 1. The minimum Gasteiger partial charge on any atom is -0.380 e. The van der Waals surface area contributed by atoms with Crippen LogP contribution in [0.3, 0.4) is 0 Å². The standard InChI is InChI=1S/C14H19N5O/c1-9-13(16-10(2)17-14(9)19-15)18-12-6-4-5-11(7-12)8-20-3/h4-7H,8,15H2,1-3H3,(H2,16,17,18,19). The SMILES string of the molecule is COCc1cccc(Nc2nc(C)nc(NN)c2C)c1. The lowest BCUT2D eigenvalue weighted by molar-refractivity contribution is 0.185. The van der Waals surface area contributed by atoms with Crippen molar-refractivity contribution in [2.45, 2.75) is 20.5 Å². The number of hydrazine groups is 1. The predicted octanol–water partition coefficient (Wildman–Crippen LogP) is 2.27. The lowest BCUT2D eigenvalue weighted by atomic mass is 10.2. The smallest absolute Gasteiger partial charge is 0.148 e. The summed E-state index contributed by atoms with van der Waals surface area (Å²) in [5.74, 6) is 7.47. The molecule has 0 amide bonds. The number of hydrogen-bond donors (Lipinski definition) is 3. The van der Waals surface area contributed by atoms with Crippen LogP contribution in [0.5, 0.6) is 0 Å². The highest BCUT2D eigenvalue weighted by Crippen LogP contribution is 2.23. The van der Waals surface area contributed by atoms with Gasteiger partial charge in [0.25, 0.3) is 0 Å². The minimum atomic E-state index is 0.576. The van der Waals surface area contributed by atoms with Gasteiger partial charge in [0.2, 0.25) is 0 Å². The van der Waals surface area contributed by atoms with Crippen LogP contribution in [0, 0.1) is 13.8 Å². The molecule has 6 heteroatoms. The molecule has 0 fully saturated rings. The number of hydrogen-bond acceptors (Lipinski definition) is 6. The molecule has 0 spiro atoms. The van der Waals surface area contributed by atoms with E-state index in [0.717, 1.165) is 22.6 Å². The van der Waals surface area contributed by atoms with E-state index in [1.165, 1.54) is 0 Å². The van der Waals surface area contributed by atoms with Gasteiger partial charge in [-0.15, -0.1) is 0 Å². The Morgan fingerprint density at radius 3 is 2.65 bits per heavy atom. The van der Waals surface area contributed by atoms with E-state index in [4.69, 9.17) is 10.6 Å². The minimum absolute atomic E-state index is 0.576. The van der Waals surface area contributed by atoms with Crippen molar-refractivity contribution in [3.8, 4) is 0 Å². The highest BCUT2D eigenvalue weighted by atomic mass is 16.5. The van der Waals surface area contributed by atoms with E-state index >= 15 is 0 Å². The molecule has 0 saturated carbocycles. The summed E-state index contributed by atoms with van der Waals surface area (Å²) in [6.07, 6.45) is 0. The molecule has 0 atom stereocenters. The zero-order chi connectivity index (χ0) is 14.5. The second-order valence-electron chi connectivity index (χ2n) is 4.50. The molecule has 0 radical (unpaired) electrons. The number of aryl methyl sites for hydroxylation is 1. The summed E-state index contributed by atoms with van der Waals surface area (Å²) in [7, 11) is 1.68. The number of methoxy groups -OCH3 is 1. The molecule has 0 unspecified atom stereocenters. The Hall–Kier alpha value is -2.18. The first-order valence-electron chi connectivity index (χ1n) is 6.30. The van der Waals surface area contributed by atoms with Gasteiger partial charge in [-0.1, -0.05) is 12.1 Å². The molecule has 2 rings (SSSR count). The van der Waals surface area contributed by atoms with Gasteiger partial charge in [0, 0.05) is 18.4 Å². The van der Waals surface area contributed by atoms with Gasteiger partial charge in [-0.2, -0.15) is 0 Å². The van der Waals surface area contributed by atoms with Crippen LogP contribution in [0.15, 0.2) is 24.3 Å². The maximum Gasteiger partial charge on any atom is 0.148 e. The third-order valence-corrected chi connectivity index (χ3v) is 2.90. The van der Waals surface area contributed by atoms with Crippen LogP contribution < -0.4 is 16.6 Å². The lowest BCUT2D eigenvalue weighted by Gasteiger charge is -2.13. The van der Waals surface area contributed by atoms with Crippen molar-refractivity contribution in [3.63, 3.8) is 0 Å². The van der Waals surface area contributed by atoms with Crippen molar-refractivity contribution in [2.24, 2.45) is 5.84 Å². The molecule has 4 N–H and O–H groups in total. The van der Waals surface area contributed by atoms with Gasteiger partial charge >= 0.3 is 0 Å². The van der Waals surface area contributed by atoms with Crippen LogP contribution >= 0.6 is 0 Å². The topological polar surface area (TPSA) is 85.1 Å². The number of benzene rings is 1. The zero-order valence-electron chi connectivity index (χ0n) is 11.9. The Morgan fingerprint density at radius 2 is 1.95 bits per heavy atom. The van der Waals surface area contributed by atoms with Crippen LogP contribution in [0.1, 0.15) is 17.0 Å². The van der Waals surface area contributed by atoms with Crippen LogP contribution in [0.4, 0.5) is 17.3 Å². The van der Waals surface area contributed by atoms with E-state index in [-0.39, 0.29) is 0 Å². The second kappa shape index (κ2) is 6.31. The summed E-state index contributed by atoms with van der Waals surface area (Å²) in [4.78, 5) is 8.64. The first-order chi connectivity index (χ1) is 9.63. The fourth-order valence-electron chi connectivity index (χ4n) is 1.93. The molecule has 0 saturated heterocycles. The maximum atomic E-state index is 5.46. The molecule has 20 heavy (non-hydrogen) atoms. The Kier molecular flexibility index (Phi) is 4.49. The zero-order valence-corrected chi connectivity index (χ0v) is 11.9. The average Bonchev–Trinajstić information content (AvgIpc) is 2.43. The fourth-order valence-corrected chi connectivity index (χ4v) is 1.93. The first-order valence-corrected chi connectivity index (χ1v) is 6.30. The largest absolute Gasteiger partial charge is 0.380 e. The normalized spacial score (nSPS) is 10.4. The summed E-state index contributed by atoms with van der Waals surface area (Å²) in [5, 5.41) is 3.28. The van der Waals surface area contributed by atoms with E-state index in [1.807, 2.05) is 38.1 Å². The monoisotopic (exact) mass is 273 g/mol. The Morgan fingerprint density at radius 1 is 1.20 bits per heavy atom. The molecular formula is C14H19N5O. The van der Waals surface area contributed by atoms with E-state index in [2.05, 4.69) is 20.7 Å². The molecule has 0 aliphatic heterocycles. The van der Waals surface area contributed by atoms with Crippen LogP contribution in [0.25, 0.3) is 0 Å². The van der Waals surface area contributed by atoms with E-state index in [1.54, 1.807) is 7.11 Å². The number of aromatic nitrogens is 2. The average molecular weight is 273 g/mol. The highest BCUT2D eigenvalue weighted by Gasteiger charge is 2.08. The molecule has 1 heterocycles. The molecule has 0 bridgehead atoms. The van der Waals surface area contributed by atoms with Crippen molar-refractivity contribution in [2.75, 3.05) is 17.9 Å². The molecule has 0 aliphatic rings. The second-order valence-corrected chi connectivity index (χ2v) is 4.50. The quantitative estimate of drug-likeness (QED) is 0.572. The third-order valence-electron chi connectivity index (χ3n) is 2.90. The van der Waals surface area contributed by atoms with Gasteiger partial charge in [-0.05, 0) is 31.5 Å². The third kappa shape index (κ3) is 3.23. The Labute approximate surface area is 118 Å². The van der Waals surface area contributed by atoms with Gasteiger partial charge in [-0.3, -0.25) is 0 Å². The predicted molar refractivity (Wildman–Crippen MR) is 79.8 cm³/mol. The van der Waals surface area contributed by atoms with Crippen molar-refractivity contribution >= 4 is 17.3 Å². The molecular weight excluding hydrogens is 254 g/mol. The molecule has 1 aromatic carbocycles. The van der Waals surface area contributed by atoms with Gasteiger partial charge in [0.1, 0.15) is 17.5 Å². The van der Waals surface area contributed by atoms with E-state index < -0.39 is 0 Å². The number of rotatable bonds is 5. The maximum absolute atomic E-state index is 5.46. The number of nitrogens with one attached hydrogen (secondary N) is 2. The summed E-state index contributed by atoms with van der Waals surface area (Å²) < 4.78 is 5.13. The van der Waals surface area contributed by atoms with Crippen LogP contribution in [-0.4, -0.2) is 17.1 Å². The number of nitrogens with zero attached hydrogens (tertiary/aromatic N) is 2. The molecule has 1 aromatic heterocycles. The number of nitrogens with two attached hydrogens (primary N) is 1. The molecule has 2 aromatic rings. The molecule has 6 nitrogen and oxygen atoms in total. The van der Waals surface area contributed by atoms with Gasteiger partial charge in [-0.25, -0.2) is 15.8 Å². The van der Waals surface area contributed by atoms with E-state index in [0.29, 0.717) is 18.2 Å². The fraction of sp³-hybridized carbons (Fsp3) is 0.286. The van der Waals surface area contributed by atoms with Gasteiger partial charge in [0.15, 0.2) is 0 Å². The first kappa shape index (κ1) is 14.2. The summed E-state index contributed by atoms with van der Waals surface area (Å²) >= 11 is 0. The van der Waals surface area contributed by atoms with E-state index in [9.17, 15) is 0 Å². The van der Waals surface area contributed by atoms with Crippen LogP contribution in [-0.2, 0) is 11.3 Å². The van der Waals surface area contributed by atoms with Crippen molar-refractivity contribution in [3.05, 3.63) is 41.2 Å². The van der Waals surface area contributed by atoms with Crippen molar-refractivity contribution in [1.82, 2.24) is 9.97 Å². The number of anilines is 3. The molecule has 106 valence electrons. The Balaban J connectivity index is 2.30. The van der Waals surface area contributed by atoms with Crippen molar-refractivity contribution < 1.29 is 4.74 Å². The van der Waals surface area contributed by atoms with Crippen LogP contribution in [0.2, 0.25) is 0 Å². The summed E-state index contributed by atoms with van der Waals surface area (Å²) in [5.41, 5.74) is 5.50. The van der Waals surface area contributed by atoms with Gasteiger partial charge in [0.05, 0.1) is 6.61 Å². The van der Waals surface area contributed by atoms with Crippen molar-refractivity contribution in [1.29, 1.82) is 0 Å². The lowest BCUT2D eigenvalue weighted by Crippen LogP contribution is -2.13.